The van der Waals surface area contributed by atoms with Gasteiger partial charge in [0.15, 0.2) is 0 Å². The van der Waals surface area contributed by atoms with E-state index in [9.17, 15) is 9.90 Å². The number of rotatable bonds is 2. The second kappa shape index (κ2) is 3.88. The van der Waals surface area contributed by atoms with E-state index in [1.54, 1.807) is 13.8 Å². The van der Waals surface area contributed by atoms with Crippen LogP contribution in [0.15, 0.2) is 28.7 Å². The number of carboxylic acid groups (broad SMARTS) is 1. The summed E-state index contributed by atoms with van der Waals surface area (Å²) in [5.41, 5.74) is 0.934. The van der Waals surface area contributed by atoms with Crippen LogP contribution in [0.1, 0.15) is 19.5 Å². The van der Waals surface area contributed by atoms with E-state index in [0.717, 1.165) is 21.1 Å². The maximum atomic E-state index is 11.3. The average molecular weight is 296 g/mol. The third kappa shape index (κ3) is 1.76. The number of carboxylic acids is 1. The molecule has 1 heterocycles. The van der Waals surface area contributed by atoms with Gasteiger partial charge in [-0.25, -0.2) is 0 Å². The van der Waals surface area contributed by atoms with Crippen LogP contribution in [-0.4, -0.2) is 15.6 Å². The molecule has 0 saturated heterocycles. The number of halogens is 1. The summed E-state index contributed by atoms with van der Waals surface area (Å²) in [6.45, 7) is 3.44. The smallest absolute Gasteiger partial charge is 0.315 e. The molecule has 0 aliphatic heterocycles. The van der Waals surface area contributed by atoms with Gasteiger partial charge in [-0.05, 0) is 32.0 Å². The molecule has 1 aromatic carbocycles. The molecule has 1 aromatic heterocycles. The van der Waals surface area contributed by atoms with Crippen molar-refractivity contribution in [3.8, 4) is 0 Å². The quantitative estimate of drug-likeness (QED) is 0.924. The summed E-state index contributed by atoms with van der Waals surface area (Å²) in [6, 6.07) is 7.83. The minimum atomic E-state index is -0.896. The van der Waals surface area contributed by atoms with Gasteiger partial charge in [-0.2, -0.15) is 0 Å². The standard InChI is InChI=1S/C13H14BrNO2/c1-13(2,12(16)17)11-7-8-9(14)5-4-6-10(8)15(11)3/h4-7H,1-3H3,(H,16,17). The summed E-state index contributed by atoms with van der Waals surface area (Å²) in [6.07, 6.45) is 0. The third-order valence-corrected chi connectivity index (χ3v) is 3.90. The molecule has 0 radical (unpaired) electrons. The summed E-state index contributed by atoms with van der Waals surface area (Å²) in [4.78, 5) is 11.3. The monoisotopic (exact) mass is 295 g/mol. The Morgan fingerprint density at radius 1 is 1.41 bits per heavy atom. The van der Waals surface area contributed by atoms with Crippen molar-refractivity contribution in [2.45, 2.75) is 19.3 Å². The van der Waals surface area contributed by atoms with Crippen LogP contribution < -0.4 is 0 Å². The lowest BCUT2D eigenvalue weighted by atomic mass is 9.89. The molecule has 17 heavy (non-hydrogen) atoms. The fourth-order valence-electron chi connectivity index (χ4n) is 2.03. The fraction of sp³-hybridized carbons (Fsp3) is 0.308. The zero-order chi connectivity index (χ0) is 12.8. The Labute approximate surface area is 108 Å². The number of hydrogen-bond acceptors (Lipinski definition) is 1. The molecule has 4 heteroatoms. The molecule has 1 N–H and O–H groups in total. The Balaban J connectivity index is 2.77. The van der Waals surface area contributed by atoms with Gasteiger partial charge < -0.3 is 9.67 Å². The van der Waals surface area contributed by atoms with Crippen LogP contribution in [0.2, 0.25) is 0 Å². The number of hydrogen-bond donors (Lipinski definition) is 1. The van der Waals surface area contributed by atoms with Gasteiger partial charge in [0, 0.05) is 28.1 Å². The lowest BCUT2D eigenvalue weighted by molar-refractivity contribution is -0.142. The lowest BCUT2D eigenvalue weighted by Gasteiger charge is -2.20. The Morgan fingerprint density at radius 3 is 2.59 bits per heavy atom. The molecule has 0 aliphatic carbocycles. The number of carbonyl (C=O) groups is 1. The molecule has 0 aliphatic rings. The minimum Gasteiger partial charge on any atom is -0.481 e. The molecule has 0 saturated carbocycles. The van der Waals surface area contributed by atoms with Gasteiger partial charge >= 0.3 is 5.97 Å². The summed E-state index contributed by atoms with van der Waals surface area (Å²) in [5, 5.41) is 10.3. The first-order valence-electron chi connectivity index (χ1n) is 5.33. The van der Waals surface area contributed by atoms with E-state index in [2.05, 4.69) is 15.9 Å². The Bertz CT molecular complexity index is 599. The second-order valence-corrected chi connectivity index (χ2v) is 5.55. The van der Waals surface area contributed by atoms with Gasteiger partial charge in [-0.3, -0.25) is 4.79 Å². The number of fused-ring (bicyclic) bond motifs is 1. The van der Waals surface area contributed by atoms with E-state index in [4.69, 9.17) is 0 Å². The molecule has 2 rings (SSSR count). The summed E-state index contributed by atoms with van der Waals surface area (Å²) in [7, 11) is 1.90. The largest absolute Gasteiger partial charge is 0.481 e. The number of aliphatic carboxylic acids is 1. The first kappa shape index (κ1) is 12.2. The van der Waals surface area contributed by atoms with Crippen molar-refractivity contribution in [1.29, 1.82) is 0 Å². The van der Waals surface area contributed by atoms with Crippen LogP contribution in [0, 0.1) is 0 Å². The van der Waals surface area contributed by atoms with Crippen LogP contribution in [-0.2, 0) is 17.3 Å². The van der Waals surface area contributed by atoms with Gasteiger partial charge in [-0.15, -0.1) is 0 Å². The van der Waals surface area contributed by atoms with Crippen molar-refractivity contribution in [3.05, 3.63) is 34.4 Å². The van der Waals surface area contributed by atoms with Crippen molar-refractivity contribution in [2.24, 2.45) is 7.05 Å². The van der Waals surface area contributed by atoms with E-state index in [1.165, 1.54) is 0 Å². The summed E-state index contributed by atoms with van der Waals surface area (Å²) < 4.78 is 2.92. The van der Waals surface area contributed by atoms with Crippen molar-refractivity contribution in [2.75, 3.05) is 0 Å². The van der Waals surface area contributed by atoms with Crippen LogP contribution in [0.25, 0.3) is 10.9 Å². The highest BCUT2D eigenvalue weighted by molar-refractivity contribution is 9.10. The normalized spacial score (nSPS) is 12.0. The van der Waals surface area contributed by atoms with Crippen LogP contribution in [0.5, 0.6) is 0 Å². The van der Waals surface area contributed by atoms with Crippen molar-refractivity contribution in [3.63, 3.8) is 0 Å². The maximum absolute atomic E-state index is 11.3. The highest BCUT2D eigenvalue weighted by Gasteiger charge is 2.32. The van der Waals surface area contributed by atoms with Gasteiger partial charge in [0.25, 0.3) is 0 Å². The lowest BCUT2D eigenvalue weighted by Crippen LogP contribution is -2.30. The van der Waals surface area contributed by atoms with Crippen LogP contribution in [0.3, 0.4) is 0 Å². The van der Waals surface area contributed by atoms with Crippen molar-refractivity contribution >= 4 is 32.8 Å². The zero-order valence-electron chi connectivity index (χ0n) is 9.99. The average Bonchev–Trinajstić information content (AvgIpc) is 2.58. The Morgan fingerprint density at radius 2 is 2.06 bits per heavy atom. The van der Waals surface area contributed by atoms with Crippen molar-refractivity contribution in [1.82, 2.24) is 4.57 Å². The van der Waals surface area contributed by atoms with E-state index < -0.39 is 11.4 Å². The Hall–Kier alpha value is -1.29. The van der Waals surface area contributed by atoms with Gasteiger partial charge in [-0.1, -0.05) is 22.0 Å². The molecule has 90 valence electrons. The highest BCUT2D eigenvalue weighted by Crippen LogP contribution is 2.32. The molecule has 2 aromatic rings. The SMILES string of the molecule is Cn1c(C(C)(C)C(=O)O)cc2c(Br)cccc21. The van der Waals surface area contributed by atoms with Crippen LogP contribution in [0.4, 0.5) is 0 Å². The van der Waals surface area contributed by atoms with Gasteiger partial charge in [0.1, 0.15) is 5.41 Å². The molecule has 0 atom stereocenters. The number of benzene rings is 1. The topological polar surface area (TPSA) is 42.2 Å². The highest BCUT2D eigenvalue weighted by atomic mass is 79.9. The maximum Gasteiger partial charge on any atom is 0.315 e. The predicted octanol–water partition coefficient (Wildman–Crippen LogP) is 3.30. The number of nitrogens with zero attached hydrogens (tertiary/aromatic N) is 1. The molecule has 0 amide bonds. The molecule has 3 nitrogen and oxygen atoms in total. The summed E-state index contributed by atoms with van der Waals surface area (Å²) in [5.74, 6) is -0.820. The van der Waals surface area contributed by atoms with Crippen molar-refractivity contribution < 1.29 is 9.90 Å². The van der Waals surface area contributed by atoms with E-state index in [-0.39, 0.29) is 0 Å². The third-order valence-electron chi connectivity index (χ3n) is 3.21. The van der Waals surface area contributed by atoms with Crippen LogP contribution >= 0.6 is 15.9 Å². The molecule has 0 unspecified atom stereocenters. The number of aryl methyl sites for hydroxylation is 1. The molecule has 0 spiro atoms. The molecular formula is C13H14BrNO2. The summed E-state index contributed by atoms with van der Waals surface area (Å²) >= 11 is 3.49. The predicted molar refractivity (Wildman–Crippen MR) is 71.3 cm³/mol. The van der Waals surface area contributed by atoms with E-state index >= 15 is 0 Å². The van der Waals surface area contributed by atoms with E-state index in [1.807, 2.05) is 35.9 Å². The molecule has 0 bridgehead atoms. The van der Waals surface area contributed by atoms with E-state index in [0.29, 0.717) is 0 Å². The first-order chi connectivity index (χ1) is 7.85. The van der Waals surface area contributed by atoms with Gasteiger partial charge in [0.2, 0.25) is 0 Å². The zero-order valence-corrected chi connectivity index (χ0v) is 11.6. The minimum absolute atomic E-state index is 0.798. The molecule has 0 fully saturated rings. The number of aromatic nitrogens is 1. The Kier molecular flexibility index (Phi) is 2.78. The second-order valence-electron chi connectivity index (χ2n) is 4.69. The van der Waals surface area contributed by atoms with Gasteiger partial charge in [0.05, 0.1) is 0 Å². The first-order valence-corrected chi connectivity index (χ1v) is 6.13. The molecular weight excluding hydrogens is 282 g/mol. The fourth-order valence-corrected chi connectivity index (χ4v) is 2.50.